The van der Waals surface area contributed by atoms with Crippen molar-refractivity contribution in [2.45, 2.75) is 38.0 Å². The minimum Gasteiger partial charge on any atom is -0.496 e. The lowest BCUT2D eigenvalue weighted by Crippen LogP contribution is -2.23. The van der Waals surface area contributed by atoms with Crippen molar-refractivity contribution in [3.8, 4) is 5.75 Å². The van der Waals surface area contributed by atoms with Gasteiger partial charge in [0, 0.05) is 30.7 Å². The molecule has 1 N–H and O–H groups in total. The molecule has 1 amide bonds. The zero-order chi connectivity index (χ0) is 22.1. The standard InChI is InChI=1S/C24H28N4O2S/c1-4-15-31-24-27-26-22(28(24)17-19-11-9-18(2)10-12-19)13-14-23(29)25-16-20-7-5-6-8-21(20)30-3/h4-12H,1,13-17H2,2-3H3,(H,25,29). The second-order valence-corrected chi connectivity index (χ2v) is 8.15. The second kappa shape index (κ2) is 11.4. The molecule has 0 atom stereocenters. The number of aryl methyl sites for hydroxylation is 2. The number of rotatable bonds is 11. The normalized spacial score (nSPS) is 10.6. The molecule has 0 spiro atoms. The third-order valence-electron chi connectivity index (χ3n) is 4.83. The maximum absolute atomic E-state index is 12.4. The van der Waals surface area contributed by atoms with Crippen LogP contribution < -0.4 is 10.1 Å². The van der Waals surface area contributed by atoms with Gasteiger partial charge in [-0.3, -0.25) is 4.79 Å². The summed E-state index contributed by atoms with van der Waals surface area (Å²) in [5.74, 6) is 2.30. The number of carbonyl (C=O) groups excluding carboxylic acids is 1. The number of nitrogens with zero attached hydrogens (tertiary/aromatic N) is 3. The van der Waals surface area contributed by atoms with Crippen molar-refractivity contribution in [1.82, 2.24) is 20.1 Å². The minimum atomic E-state index is -0.0314. The number of hydrogen-bond donors (Lipinski definition) is 1. The van der Waals surface area contributed by atoms with Crippen molar-refractivity contribution in [3.05, 3.63) is 83.7 Å². The van der Waals surface area contributed by atoms with Gasteiger partial charge < -0.3 is 14.6 Å². The highest BCUT2D eigenvalue weighted by atomic mass is 32.2. The molecule has 2 aromatic carbocycles. The van der Waals surface area contributed by atoms with E-state index in [0.717, 1.165) is 28.0 Å². The summed E-state index contributed by atoms with van der Waals surface area (Å²) in [6.07, 6.45) is 2.71. The molecule has 6 nitrogen and oxygen atoms in total. The maximum Gasteiger partial charge on any atom is 0.220 e. The van der Waals surface area contributed by atoms with Crippen molar-refractivity contribution in [1.29, 1.82) is 0 Å². The van der Waals surface area contributed by atoms with Crippen LogP contribution in [0.15, 0.2) is 66.3 Å². The predicted molar refractivity (Wildman–Crippen MR) is 124 cm³/mol. The highest BCUT2D eigenvalue weighted by Gasteiger charge is 2.14. The number of para-hydroxylation sites is 1. The number of benzene rings is 2. The molecule has 3 aromatic rings. The minimum absolute atomic E-state index is 0.0314. The van der Waals surface area contributed by atoms with Crippen molar-refractivity contribution in [2.75, 3.05) is 12.9 Å². The van der Waals surface area contributed by atoms with Gasteiger partial charge in [-0.15, -0.1) is 16.8 Å². The molecule has 0 radical (unpaired) electrons. The Balaban J connectivity index is 1.64. The van der Waals surface area contributed by atoms with Crippen LogP contribution in [0.1, 0.15) is 28.9 Å². The molecule has 1 heterocycles. The molecule has 0 aliphatic carbocycles. The molecule has 0 aliphatic rings. The van der Waals surface area contributed by atoms with Gasteiger partial charge in [0.1, 0.15) is 11.6 Å². The van der Waals surface area contributed by atoms with Gasteiger partial charge in [0.25, 0.3) is 0 Å². The Labute approximate surface area is 187 Å². The predicted octanol–water partition coefficient (Wildman–Crippen LogP) is 4.17. The molecule has 0 fully saturated rings. The van der Waals surface area contributed by atoms with E-state index in [-0.39, 0.29) is 5.91 Å². The van der Waals surface area contributed by atoms with Crippen molar-refractivity contribution < 1.29 is 9.53 Å². The summed E-state index contributed by atoms with van der Waals surface area (Å²) < 4.78 is 7.43. The number of ether oxygens (including phenoxy) is 1. The lowest BCUT2D eigenvalue weighted by Gasteiger charge is -2.11. The fourth-order valence-electron chi connectivity index (χ4n) is 3.14. The molecule has 0 saturated heterocycles. The van der Waals surface area contributed by atoms with Crippen LogP contribution in [0, 0.1) is 6.92 Å². The lowest BCUT2D eigenvalue weighted by atomic mass is 10.1. The number of nitrogens with one attached hydrogen (secondary N) is 1. The van der Waals surface area contributed by atoms with E-state index in [0.29, 0.717) is 25.9 Å². The van der Waals surface area contributed by atoms with Crippen LogP contribution in [-0.2, 0) is 24.3 Å². The molecule has 0 bridgehead atoms. The van der Waals surface area contributed by atoms with Crippen LogP contribution in [0.4, 0.5) is 0 Å². The third kappa shape index (κ3) is 6.46. The Morgan fingerprint density at radius 3 is 2.71 bits per heavy atom. The number of thioether (sulfide) groups is 1. The summed E-state index contributed by atoms with van der Waals surface area (Å²) in [5.41, 5.74) is 3.34. The van der Waals surface area contributed by atoms with Crippen LogP contribution in [-0.4, -0.2) is 33.5 Å². The van der Waals surface area contributed by atoms with E-state index < -0.39 is 0 Å². The lowest BCUT2D eigenvalue weighted by molar-refractivity contribution is -0.121. The molecule has 0 aliphatic heterocycles. The summed E-state index contributed by atoms with van der Waals surface area (Å²) >= 11 is 1.59. The van der Waals surface area contributed by atoms with E-state index >= 15 is 0 Å². The van der Waals surface area contributed by atoms with Crippen LogP contribution in [0.25, 0.3) is 0 Å². The van der Waals surface area contributed by atoms with Crippen LogP contribution in [0.2, 0.25) is 0 Å². The molecule has 1 aromatic heterocycles. The molecule has 162 valence electrons. The summed E-state index contributed by atoms with van der Waals surface area (Å²) in [6, 6.07) is 16.1. The van der Waals surface area contributed by atoms with Crippen molar-refractivity contribution >= 4 is 17.7 Å². The Bertz CT molecular complexity index is 1010. The van der Waals surface area contributed by atoms with E-state index in [1.165, 1.54) is 11.1 Å². The highest BCUT2D eigenvalue weighted by Crippen LogP contribution is 2.20. The maximum atomic E-state index is 12.4. The van der Waals surface area contributed by atoms with Gasteiger partial charge in [-0.25, -0.2) is 0 Å². The third-order valence-corrected chi connectivity index (χ3v) is 5.79. The average molecular weight is 437 g/mol. The molecular weight excluding hydrogens is 408 g/mol. The fraction of sp³-hybridized carbons (Fsp3) is 0.292. The molecule has 0 unspecified atom stereocenters. The van der Waals surface area contributed by atoms with Gasteiger partial charge in [0.2, 0.25) is 5.91 Å². The first-order valence-corrected chi connectivity index (χ1v) is 11.2. The van der Waals surface area contributed by atoms with Crippen molar-refractivity contribution in [2.24, 2.45) is 0 Å². The number of hydrogen-bond acceptors (Lipinski definition) is 5. The van der Waals surface area contributed by atoms with Gasteiger partial charge in [0.05, 0.1) is 13.7 Å². The van der Waals surface area contributed by atoms with Gasteiger partial charge in [-0.2, -0.15) is 0 Å². The zero-order valence-electron chi connectivity index (χ0n) is 18.0. The number of methoxy groups -OCH3 is 1. The van der Waals surface area contributed by atoms with Crippen LogP contribution >= 0.6 is 11.8 Å². The van der Waals surface area contributed by atoms with Crippen LogP contribution in [0.3, 0.4) is 0 Å². The van der Waals surface area contributed by atoms with Gasteiger partial charge in [-0.05, 0) is 18.6 Å². The first-order valence-electron chi connectivity index (χ1n) is 10.2. The smallest absolute Gasteiger partial charge is 0.220 e. The van der Waals surface area contributed by atoms with E-state index in [2.05, 4.69) is 57.8 Å². The Hall–Kier alpha value is -3.06. The highest BCUT2D eigenvalue weighted by molar-refractivity contribution is 7.99. The van der Waals surface area contributed by atoms with Gasteiger partial charge >= 0.3 is 0 Å². The summed E-state index contributed by atoms with van der Waals surface area (Å²) in [6.45, 7) is 6.96. The summed E-state index contributed by atoms with van der Waals surface area (Å²) in [4.78, 5) is 12.4. The van der Waals surface area contributed by atoms with Crippen LogP contribution in [0.5, 0.6) is 5.75 Å². The average Bonchev–Trinajstić information content (AvgIpc) is 3.17. The SMILES string of the molecule is C=CCSc1nnc(CCC(=O)NCc2ccccc2OC)n1Cc1ccc(C)cc1. The molecular formula is C24H28N4O2S. The molecule has 31 heavy (non-hydrogen) atoms. The van der Waals surface area contributed by atoms with Gasteiger partial charge in [-0.1, -0.05) is 65.9 Å². The molecule has 7 heteroatoms. The van der Waals surface area contributed by atoms with E-state index in [1.807, 2.05) is 30.3 Å². The topological polar surface area (TPSA) is 69.0 Å². The summed E-state index contributed by atoms with van der Waals surface area (Å²) in [5, 5.41) is 12.5. The number of carbonyl (C=O) groups is 1. The largest absolute Gasteiger partial charge is 0.496 e. The Kier molecular flexibility index (Phi) is 8.29. The number of amides is 1. The van der Waals surface area contributed by atoms with Gasteiger partial charge in [0.15, 0.2) is 5.16 Å². The van der Waals surface area contributed by atoms with E-state index in [1.54, 1.807) is 18.9 Å². The zero-order valence-corrected chi connectivity index (χ0v) is 18.8. The Morgan fingerprint density at radius 2 is 1.97 bits per heavy atom. The molecule has 3 rings (SSSR count). The quantitative estimate of drug-likeness (QED) is 0.361. The summed E-state index contributed by atoms with van der Waals surface area (Å²) in [7, 11) is 1.63. The fourth-order valence-corrected chi connectivity index (χ4v) is 3.83. The second-order valence-electron chi connectivity index (χ2n) is 7.16. The first kappa shape index (κ1) is 22.6. The molecule has 0 saturated carbocycles. The number of aromatic nitrogens is 3. The monoisotopic (exact) mass is 436 g/mol. The Morgan fingerprint density at radius 1 is 1.19 bits per heavy atom. The van der Waals surface area contributed by atoms with E-state index in [9.17, 15) is 4.79 Å². The van der Waals surface area contributed by atoms with Crippen molar-refractivity contribution in [3.63, 3.8) is 0 Å². The van der Waals surface area contributed by atoms with E-state index in [4.69, 9.17) is 4.74 Å². The first-order chi connectivity index (χ1) is 15.1.